The molecule has 0 atom stereocenters. The van der Waals surface area contributed by atoms with E-state index in [1.807, 2.05) is 35.7 Å². The largest absolute Gasteiger partial charge is 0.497 e. The number of thioether (sulfide) groups is 1. The summed E-state index contributed by atoms with van der Waals surface area (Å²) in [5.74, 6) is 1.08. The minimum Gasteiger partial charge on any atom is -0.497 e. The van der Waals surface area contributed by atoms with Crippen molar-refractivity contribution < 1.29 is 14.3 Å². The van der Waals surface area contributed by atoms with E-state index in [1.54, 1.807) is 32.4 Å². The summed E-state index contributed by atoms with van der Waals surface area (Å²) in [6.45, 7) is 0. The van der Waals surface area contributed by atoms with E-state index < -0.39 is 0 Å². The van der Waals surface area contributed by atoms with E-state index in [0.29, 0.717) is 32.4 Å². The standard InChI is InChI=1S/C23H20N2O4S2/c1-25-22(27)20-17(14-7-5-4-6-8-14)12-30-21(20)24-23(25)31-13-18(26)16-10-9-15(28-2)11-19(16)29-3/h4-12H,13H2,1-3H3. The van der Waals surface area contributed by atoms with Gasteiger partial charge in [0.15, 0.2) is 10.9 Å². The summed E-state index contributed by atoms with van der Waals surface area (Å²) < 4.78 is 12.0. The van der Waals surface area contributed by atoms with Crippen LogP contribution in [0.2, 0.25) is 0 Å². The average Bonchev–Trinajstić information content (AvgIpc) is 3.24. The predicted octanol–water partition coefficient (Wildman–Crippen LogP) is 4.65. The second-order valence-electron chi connectivity index (χ2n) is 6.73. The molecule has 0 aliphatic heterocycles. The normalized spacial score (nSPS) is 10.9. The number of hydrogen-bond donors (Lipinski definition) is 0. The van der Waals surface area contributed by atoms with Crippen molar-refractivity contribution in [3.63, 3.8) is 0 Å². The first-order chi connectivity index (χ1) is 15.0. The van der Waals surface area contributed by atoms with Crippen LogP contribution in [0.4, 0.5) is 0 Å². The van der Waals surface area contributed by atoms with Crippen molar-refractivity contribution >= 4 is 39.1 Å². The number of aromatic nitrogens is 2. The number of nitrogens with zero attached hydrogens (tertiary/aromatic N) is 2. The number of ether oxygens (including phenoxy) is 2. The minimum absolute atomic E-state index is 0.116. The molecule has 2 heterocycles. The number of fused-ring (bicyclic) bond motifs is 1. The number of thiophene rings is 1. The average molecular weight is 453 g/mol. The van der Waals surface area contributed by atoms with E-state index in [-0.39, 0.29) is 17.1 Å². The predicted molar refractivity (Wildman–Crippen MR) is 125 cm³/mol. The summed E-state index contributed by atoms with van der Waals surface area (Å²) in [4.78, 5) is 31.2. The van der Waals surface area contributed by atoms with Crippen LogP contribution < -0.4 is 15.0 Å². The lowest BCUT2D eigenvalue weighted by atomic mass is 10.1. The Morgan fingerprint density at radius 1 is 1.13 bits per heavy atom. The Bertz CT molecular complexity index is 1310. The zero-order valence-corrected chi connectivity index (χ0v) is 18.9. The highest BCUT2D eigenvalue weighted by molar-refractivity contribution is 7.99. The smallest absolute Gasteiger partial charge is 0.263 e. The van der Waals surface area contributed by atoms with Crippen molar-refractivity contribution in [1.29, 1.82) is 0 Å². The summed E-state index contributed by atoms with van der Waals surface area (Å²) in [5, 5.41) is 3.06. The highest BCUT2D eigenvalue weighted by atomic mass is 32.2. The maximum absolute atomic E-state index is 13.1. The molecule has 6 nitrogen and oxygen atoms in total. The minimum atomic E-state index is -0.123. The molecule has 4 rings (SSSR count). The first-order valence-corrected chi connectivity index (χ1v) is 11.3. The molecule has 0 bridgehead atoms. The third-order valence-corrected chi connectivity index (χ3v) is 6.80. The van der Waals surface area contributed by atoms with E-state index in [9.17, 15) is 9.59 Å². The molecule has 0 unspecified atom stereocenters. The van der Waals surface area contributed by atoms with Crippen LogP contribution in [0.5, 0.6) is 11.5 Å². The summed E-state index contributed by atoms with van der Waals surface area (Å²) in [5.41, 5.74) is 2.20. The first kappa shape index (κ1) is 21.1. The molecule has 0 N–H and O–H groups in total. The van der Waals surface area contributed by atoms with Gasteiger partial charge in [-0.2, -0.15) is 0 Å². The van der Waals surface area contributed by atoms with E-state index >= 15 is 0 Å². The van der Waals surface area contributed by atoms with Gasteiger partial charge in [-0.05, 0) is 17.7 Å². The Kier molecular flexibility index (Phi) is 6.11. The number of hydrogen-bond acceptors (Lipinski definition) is 7. The van der Waals surface area contributed by atoms with Crippen LogP contribution in [0.3, 0.4) is 0 Å². The molecule has 0 amide bonds. The van der Waals surface area contributed by atoms with Gasteiger partial charge in [0.2, 0.25) is 0 Å². The highest BCUT2D eigenvalue weighted by Gasteiger charge is 2.18. The summed E-state index contributed by atoms with van der Waals surface area (Å²) >= 11 is 2.67. The molecule has 158 valence electrons. The third-order valence-electron chi connectivity index (χ3n) is 4.90. The molecule has 8 heteroatoms. The zero-order valence-electron chi connectivity index (χ0n) is 17.2. The number of Topliss-reactive ketones (excluding diaryl/α,β-unsaturated/α-hetero) is 1. The molecule has 2 aromatic carbocycles. The van der Waals surface area contributed by atoms with Gasteiger partial charge in [-0.1, -0.05) is 42.1 Å². The summed E-state index contributed by atoms with van der Waals surface area (Å²) in [7, 11) is 4.75. The van der Waals surface area contributed by atoms with E-state index in [0.717, 1.165) is 11.1 Å². The maximum Gasteiger partial charge on any atom is 0.263 e. The van der Waals surface area contributed by atoms with Crippen molar-refractivity contribution in [3.05, 3.63) is 69.8 Å². The third kappa shape index (κ3) is 4.08. The molecule has 2 aromatic heterocycles. The fourth-order valence-electron chi connectivity index (χ4n) is 3.25. The van der Waals surface area contributed by atoms with Crippen molar-refractivity contribution in [1.82, 2.24) is 9.55 Å². The van der Waals surface area contributed by atoms with Crippen molar-refractivity contribution in [2.75, 3.05) is 20.0 Å². The lowest BCUT2D eigenvalue weighted by Crippen LogP contribution is -2.20. The van der Waals surface area contributed by atoms with Gasteiger partial charge in [0.1, 0.15) is 16.3 Å². The molecule has 0 saturated heterocycles. The highest BCUT2D eigenvalue weighted by Crippen LogP contribution is 2.32. The quantitative estimate of drug-likeness (QED) is 0.231. The van der Waals surface area contributed by atoms with Gasteiger partial charge in [0, 0.05) is 24.1 Å². The number of carbonyl (C=O) groups is 1. The second kappa shape index (κ2) is 8.95. The number of methoxy groups -OCH3 is 2. The molecule has 0 aliphatic carbocycles. The van der Waals surface area contributed by atoms with Gasteiger partial charge in [-0.25, -0.2) is 4.98 Å². The number of ketones is 1. The molecule has 0 radical (unpaired) electrons. The van der Waals surface area contributed by atoms with Crippen LogP contribution in [0, 0.1) is 0 Å². The zero-order chi connectivity index (χ0) is 22.0. The van der Waals surface area contributed by atoms with Crippen LogP contribution in [0.1, 0.15) is 10.4 Å². The maximum atomic E-state index is 13.1. The Hall–Kier alpha value is -3.10. The second-order valence-corrected chi connectivity index (χ2v) is 8.53. The fraction of sp³-hybridized carbons (Fsp3) is 0.174. The van der Waals surface area contributed by atoms with E-state index in [2.05, 4.69) is 4.98 Å². The Labute approximate surface area is 187 Å². The van der Waals surface area contributed by atoms with Crippen LogP contribution in [-0.2, 0) is 7.05 Å². The van der Waals surface area contributed by atoms with Gasteiger partial charge >= 0.3 is 0 Å². The topological polar surface area (TPSA) is 70.4 Å². The van der Waals surface area contributed by atoms with Gasteiger partial charge in [0.25, 0.3) is 5.56 Å². The Balaban J connectivity index is 1.62. The van der Waals surface area contributed by atoms with Gasteiger partial charge in [-0.15, -0.1) is 11.3 Å². The van der Waals surface area contributed by atoms with Crippen LogP contribution in [0.25, 0.3) is 21.3 Å². The lowest BCUT2D eigenvalue weighted by Gasteiger charge is -2.10. The summed E-state index contributed by atoms with van der Waals surface area (Å²) in [6, 6.07) is 14.9. The van der Waals surface area contributed by atoms with Crippen LogP contribution in [0.15, 0.2) is 63.9 Å². The summed E-state index contributed by atoms with van der Waals surface area (Å²) in [6.07, 6.45) is 0. The molecular weight excluding hydrogens is 432 g/mol. The molecular formula is C23H20N2O4S2. The molecule has 4 aromatic rings. The monoisotopic (exact) mass is 452 g/mol. The SMILES string of the molecule is COc1ccc(C(=O)CSc2nc3scc(-c4ccccc4)c3c(=O)n2C)c(OC)c1. The molecule has 0 spiro atoms. The van der Waals surface area contributed by atoms with Crippen molar-refractivity contribution in [2.45, 2.75) is 5.16 Å². The number of carbonyl (C=O) groups excluding carboxylic acids is 1. The van der Waals surface area contributed by atoms with E-state index in [1.165, 1.54) is 34.8 Å². The lowest BCUT2D eigenvalue weighted by molar-refractivity contribution is 0.101. The number of rotatable bonds is 7. The van der Waals surface area contributed by atoms with Gasteiger partial charge in [-0.3, -0.25) is 14.2 Å². The number of benzene rings is 2. The van der Waals surface area contributed by atoms with Crippen molar-refractivity contribution in [2.24, 2.45) is 7.05 Å². The Morgan fingerprint density at radius 2 is 1.90 bits per heavy atom. The molecule has 0 saturated carbocycles. The van der Waals surface area contributed by atoms with Crippen LogP contribution in [-0.4, -0.2) is 35.3 Å². The van der Waals surface area contributed by atoms with E-state index in [4.69, 9.17) is 9.47 Å². The fourth-order valence-corrected chi connectivity index (χ4v) is 5.09. The van der Waals surface area contributed by atoms with Crippen molar-refractivity contribution in [3.8, 4) is 22.6 Å². The Morgan fingerprint density at radius 3 is 2.61 bits per heavy atom. The van der Waals surface area contributed by atoms with Gasteiger partial charge in [0.05, 0.1) is 30.9 Å². The molecule has 31 heavy (non-hydrogen) atoms. The molecule has 0 fully saturated rings. The molecule has 0 aliphatic rings. The van der Waals surface area contributed by atoms with Crippen LogP contribution >= 0.6 is 23.1 Å². The first-order valence-electron chi connectivity index (χ1n) is 9.45. The van der Waals surface area contributed by atoms with Gasteiger partial charge < -0.3 is 9.47 Å².